The molecule has 4 unspecified atom stereocenters. The van der Waals surface area contributed by atoms with E-state index in [4.69, 9.17) is 4.74 Å². The average Bonchev–Trinajstić information content (AvgIpc) is 2.53. The molecule has 4 atom stereocenters. The first-order valence-corrected chi connectivity index (χ1v) is 10.3. The van der Waals surface area contributed by atoms with Crippen molar-refractivity contribution in [2.24, 2.45) is 29.6 Å². The summed E-state index contributed by atoms with van der Waals surface area (Å²) in [7, 11) is 0. The predicted molar refractivity (Wildman–Crippen MR) is 96.1 cm³/mol. The first-order valence-electron chi connectivity index (χ1n) is 10.3. The van der Waals surface area contributed by atoms with Crippen LogP contribution in [0.2, 0.25) is 0 Å². The Balaban J connectivity index is 1.69. The third kappa shape index (κ3) is 4.98. The number of ether oxygens (including phenoxy) is 1. The maximum absolute atomic E-state index is 5.94. The number of hydrogen-bond donors (Lipinski definition) is 0. The summed E-state index contributed by atoms with van der Waals surface area (Å²) in [5.41, 5.74) is 0. The van der Waals surface area contributed by atoms with Crippen LogP contribution in [0.25, 0.3) is 0 Å². The highest BCUT2D eigenvalue weighted by Gasteiger charge is 2.34. The van der Waals surface area contributed by atoms with Gasteiger partial charge < -0.3 is 4.74 Å². The summed E-state index contributed by atoms with van der Waals surface area (Å²) in [5.74, 6) is 4.66. The molecule has 2 saturated carbocycles. The lowest BCUT2D eigenvalue weighted by Crippen LogP contribution is -2.36. The predicted octanol–water partition coefficient (Wildman–Crippen LogP) is 6.46. The summed E-state index contributed by atoms with van der Waals surface area (Å²) in [6, 6.07) is 0. The molecular weight excluding hydrogens is 268 g/mol. The van der Waals surface area contributed by atoms with Crippen LogP contribution in [0.3, 0.4) is 0 Å². The SMILES string of the molecule is CCCC1CCC(CCC2CCC(OCC)C(C)C2C)CC1. The van der Waals surface area contributed by atoms with E-state index in [9.17, 15) is 0 Å². The molecule has 0 aromatic carbocycles. The van der Waals surface area contributed by atoms with Crippen molar-refractivity contribution in [1.82, 2.24) is 0 Å². The maximum Gasteiger partial charge on any atom is 0.0603 e. The fourth-order valence-electron chi connectivity index (χ4n) is 5.20. The third-order valence-electron chi connectivity index (χ3n) is 6.97. The van der Waals surface area contributed by atoms with E-state index in [1.165, 1.54) is 64.2 Å². The largest absolute Gasteiger partial charge is 0.378 e. The van der Waals surface area contributed by atoms with E-state index in [1.54, 1.807) is 0 Å². The Labute approximate surface area is 139 Å². The number of rotatable bonds is 7. The topological polar surface area (TPSA) is 9.23 Å². The van der Waals surface area contributed by atoms with E-state index in [-0.39, 0.29) is 0 Å². The molecule has 22 heavy (non-hydrogen) atoms. The minimum Gasteiger partial charge on any atom is -0.378 e. The average molecular weight is 309 g/mol. The molecule has 2 rings (SSSR count). The lowest BCUT2D eigenvalue weighted by molar-refractivity contribution is -0.0382. The Bertz CT molecular complexity index is 292. The van der Waals surface area contributed by atoms with Gasteiger partial charge in [0.1, 0.15) is 0 Å². The Morgan fingerprint density at radius 2 is 1.36 bits per heavy atom. The molecule has 0 spiro atoms. The van der Waals surface area contributed by atoms with E-state index in [2.05, 4.69) is 27.7 Å². The van der Waals surface area contributed by atoms with E-state index >= 15 is 0 Å². The van der Waals surface area contributed by atoms with Crippen LogP contribution in [-0.2, 0) is 4.74 Å². The molecule has 2 fully saturated rings. The summed E-state index contributed by atoms with van der Waals surface area (Å²) in [4.78, 5) is 0. The summed E-state index contributed by atoms with van der Waals surface area (Å²) in [6.07, 6.45) is 15.1. The Hall–Kier alpha value is -0.0400. The molecule has 0 heterocycles. The van der Waals surface area contributed by atoms with Crippen LogP contribution < -0.4 is 0 Å². The van der Waals surface area contributed by atoms with Gasteiger partial charge in [-0.15, -0.1) is 0 Å². The van der Waals surface area contributed by atoms with Gasteiger partial charge in [-0.05, 0) is 55.8 Å². The minimum atomic E-state index is 0.528. The molecule has 0 N–H and O–H groups in total. The molecule has 0 aromatic heterocycles. The Morgan fingerprint density at radius 1 is 0.727 bits per heavy atom. The highest BCUT2D eigenvalue weighted by atomic mass is 16.5. The first kappa shape index (κ1) is 18.3. The van der Waals surface area contributed by atoms with Gasteiger partial charge in [0.05, 0.1) is 6.10 Å². The van der Waals surface area contributed by atoms with E-state index in [1.807, 2.05) is 0 Å². The van der Waals surface area contributed by atoms with Crippen molar-refractivity contribution >= 4 is 0 Å². The fraction of sp³-hybridized carbons (Fsp3) is 1.00. The maximum atomic E-state index is 5.94. The summed E-state index contributed by atoms with van der Waals surface area (Å²) in [5, 5.41) is 0. The molecule has 0 bridgehead atoms. The molecule has 130 valence electrons. The van der Waals surface area contributed by atoms with Crippen LogP contribution in [-0.4, -0.2) is 12.7 Å². The smallest absolute Gasteiger partial charge is 0.0603 e. The van der Waals surface area contributed by atoms with Crippen molar-refractivity contribution in [3.63, 3.8) is 0 Å². The monoisotopic (exact) mass is 308 g/mol. The van der Waals surface area contributed by atoms with Crippen LogP contribution in [0.4, 0.5) is 0 Å². The lowest BCUT2D eigenvalue weighted by Gasteiger charge is -2.40. The lowest BCUT2D eigenvalue weighted by atomic mass is 9.69. The molecule has 2 aliphatic carbocycles. The fourth-order valence-corrected chi connectivity index (χ4v) is 5.20. The van der Waals surface area contributed by atoms with Crippen LogP contribution >= 0.6 is 0 Å². The standard InChI is InChI=1S/C21H40O/c1-5-7-18-8-10-19(11-9-18)12-13-20-14-15-21(22-6-2)17(4)16(20)3/h16-21H,5-15H2,1-4H3. The van der Waals surface area contributed by atoms with Crippen LogP contribution in [0.1, 0.15) is 91.9 Å². The first-order chi connectivity index (χ1) is 10.7. The van der Waals surface area contributed by atoms with Crippen LogP contribution in [0.15, 0.2) is 0 Å². The molecule has 1 nitrogen and oxygen atoms in total. The molecule has 0 amide bonds. The van der Waals surface area contributed by atoms with Gasteiger partial charge in [-0.25, -0.2) is 0 Å². The van der Waals surface area contributed by atoms with E-state index in [0.29, 0.717) is 6.10 Å². The summed E-state index contributed by atoms with van der Waals surface area (Å²) >= 11 is 0. The molecule has 2 aliphatic rings. The van der Waals surface area contributed by atoms with Crippen molar-refractivity contribution in [2.75, 3.05) is 6.61 Å². The van der Waals surface area contributed by atoms with E-state index < -0.39 is 0 Å². The minimum absolute atomic E-state index is 0.528. The van der Waals surface area contributed by atoms with Crippen LogP contribution in [0, 0.1) is 29.6 Å². The highest BCUT2D eigenvalue weighted by Crippen LogP contribution is 2.41. The van der Waals surface area contributed by atoms with E-state index in [0.717, 1.165) is 36.2 Å². The molecular formula is C21H40O. The molecule has 0 radical (unpaired) electrons. The van der Waals surface area contributed by atoms with Gasteiger partial charge in [-0.2, -0.15) is 0 Å². The second kappa shape index (κ2) is 9.30. The van der Waals surface area contributed by atoms with Gasteiger partial charge >= 0.3 is 0 Å². The highest BCUT2D eigenvalue weighted by molar-refractivity contribution is 4.84. The van der Waals surface area contributed by atoms with Gasteiger partial charge in [0, 0.05) is 6.61 Å². The molecule has 0 saturated heterocycles. The van der Waals surface area contributed by atoms with Gasteiger partial charge in [-0.1, -0.05) is 65.7 Å². The van der Waals surface area contributed by atoms with Crippen molar-refractivity contribution in [2.45, 2.75) is 98.0 Å². The normalized spacial score (nSPS) is 39.8. The third-order valence-corrected chi connectivity index (χ3v) is 6.97. The van der Waals surface area contributed by atoms with Gasteiger partial charge in [0.15, 0.2) is 0 Å². The van der Waals surface area contributed by atoms with Crippen molar-refractivity contribution < 1.29 is 4.74 Å². The summed E-state index contributed by atoms with van der Waals surface area (Å²) < 4.78 is 5.94. The second-order valence-electron chi connectivity index (χ2n) is 8.30. The quantitative estimate of drug-likeness (QED) is 0.524. The van der Waals surface area contributed by atoms with Gasteiger partial charge in [0.25, 0.3) is 0 Å². The zero-order valence-corrected chi connectivity index (χ0v) is 15.7. The second-order valence-corrected chi connectivity index (χ2v) is 8.30. The Kier molecular flexibility index (Phi) is 7.74. The Morgan fingerprint density at radius 3 is 1.95 bits per heavy atom. The van der Waals surface area contributed by atoms with Gasteiger partial charge in [0.2, 0.25) is 0 Å². The van der Waals surface area contributed by atoms with Gasteiger partial charge in [-0.3, -0.25) is 0 Å². The summed E-state index contributed by atoms with van der Waals surface area (Å²) in [6.45, 7) is 10.3. The molecule has 1 heteroatoms. The van der Waals surface area contributed by atoms with Crippen molar-refractivity contribution in [3.05, 3.63) is 0 Å². The molecule has 0 aliphatic heterocycles. The number of hydrogen-bond acceptors (Lipinski definition) is 1. The van der Waals surface area contributed by atoms with Crippen molar-refractivity contribution in [3.8, 4) is 0 Å². The molecule has 0 aromatic rings. The zero-order valence-electron chi connectivity index (χ0n) is 15.7. The zero-order chi connectivity index (χ0) is 15.9. The van der Waals surface area contributed by atoms with Crippen LogP contribution in [0.5, 0.6) is 0 Å². The van der Waals surface area contributed by atoms with Crippen molar-refractivity contribution in [1.29, 1.82) is 0 Å².